The Morgan fingerprint density at radius 1 is 0.889 bits per heavy atom. The summed E-state index contributed by atoms with van der Waals surface area (Å²) in [6, 6.07) is 0. The normalized spacial score (nSPS) is 70.6. The molecule has 0 saturated heterocycles. The molecule has 0 spiro atoms. The molecule has 1 nitrogen and oxygen atoms in total. The van der Waals surface area contributed by atoms with Gasteiger partial charge in [0, 0.05) is 11.8 Å². The molecule has 4 rings (SSSR count). The average Bonchev–Trinajstić information content (AvgIpc) is 2.69. The van der Waals surface area contributed by atoms with Crippen LogP contribution >= 0.6 is 81.2 Å². The van der Waals surface area contributed by atoms with Crippen molar-refractivity contribution >= 4 is 87.0 Å². The molecule has 4 aliphatic carbocycles. The average molecular weight is 389 g/mol. The van der Waals surface area contributed by atoms with E-state index in [1.54, 1.807) is 0 Å². The summed E-state index contributed by atoms with van der Waals surface area (Å²) in [6.45, 7) is 0. The van der Waals surface area contributed by atoms with Crippen LogP contribution in [0.1, 0.15) is 0 Å². The number of hydrogen-bond acceptors (Lipinski definition) is 1. The molecular weight excluding hydrogens is 384 g/mol. The molecule has 0 N–H and O–H groups in total. The van der Waals surface area contributed by atoms with Gasteiger partial charge in [-0.15, -0.1) is 58.0 Å². The molecule has 8 heteroatoms. The van der Waals surface area contributed by atoms with E-state index in [1.807, 2.05) is 0 Å². The number of Topliss-reactive ketones (excluding diaryl/α,β-unsaturated/α-hetero) is 1. The van der Waals surface area contributed by atoms with Crippen LogP contribution in [0.5, 0.6) is 0 Å². The van der Waals surface area contributed by atoms with E-state index in [0.29, 0.717) is 0 Å². The van der Waals surface area contributed by atoms with Crippen LogP contribution in [-0.2, 0) is 4.79 Å². The van der Waals surface area contributed by atoms with Gasteiger partial charge in [0.25, 0.3) is 0 Å². The third-order valence-electron chi connectivity index (χ3n) is 5.23. The molecule has 0 heterocycles. The minimum Gasteiger partial charge on any atom is -0.299 e. The fraction of sp³-hybridized carbons (Fsp3) is 0.900. The summed E-state index contributed by atoms with van der Waals surface area (Å²) in [5.41, 5.74) is 0. The Morgan fingerprint density at radius 2 is 1.44 bits per heavy atom. The maximum Gasteiger partial charge on any atom is 0.160 e. The summed E-state index contributed by atoms with van der Waals surface area (Å²) in [5.74, 6) is -1.80. The van der Waals surface area contributed by atoms with Crippen molar-refractivity contribution in [1.29, 1.82) is 0 Å². The monoisotopic (exact) mass is 386 g/mol. The molecule has 0 aromatic heterocycles. The molecule has 4 aliphatic rings. The second-order valence-corrected chi connectivity index (χ2v) is 9.63. The first-order valence-corrected chi connectivity index (χ1v) is 8.12. The van der Waals surface area contributed by atoms with Crippen molar-refractivity contribution in [2.75, 3.05) is 0 Å². The van der Waals surface area contributed by atoms with Crippen LogP contribution < -0.4 is 0 Å². The van der Waals surface area contributed by atoms with Gasteiger partial charge in [-0.05, 0) is 0 Å². The zero-order valence-corrected chi connectivity index (χ0v) is 13.7. The Morgan fingerprint density at radius 3 is 2.00 bits per heavy atom. The van der Waals surface area contributed by atoms with E-state index in [1.165, 1.54) is 0 Å². The van der Waals surface area contributed by atoms with Crippen LogP contribution in [0, 0.1) is 17.8 Å². The summed E-state index contributed by atoms with van der Waals surface area (Å²) >= 11 is 45.3. The van der Waals surface area contributed by atoms with E-state index in [2.05, 4.69) is 0 Å². The second kappa shape index (κ2) is 3.07. The standard InChI is InChI=1S/C10H5Cl7O/c11-4-1-2-5(18)3(4)7(13)6(12)8(2,14)10(16,17)9(1,7)15/h1-4,6H/t1-,2+,3-,4+,6-,7+,8-,9+/m0/s1. The largest absolute Gasteiger partial charge is 0.299 e. The van der Waals surface area contributed by atoms with Gasteiger partial charge in [0.2, 0.25) is 0 Å². The summed E-state index contributed by atoms with van der Waals surface area (Å²) in [7, 11) is 0. The highest BCUT2D eigenvalue weighted by Gasteiger charge is 3.01. The van der Waals surface area contributed by atoms with Gasteiger partial charge < -0.3 is 0 Å². The Bertz CT molecular complexity index is 508. The second-order valence-electron chi connectivity index (χ2n) is 5.51. The Hall–Kier alpha value is 1.70. The highest BCUT2D eigenvalue weighted by atomic mass is 35.5. The van der Waals surface area contributed by atoms with Crippen molar-refractivity contribution in [2.45, 2.75) is 29.7 Å². The predicted octanol–water partition coefficient (Wildman–Crippen LogP) is 3.78. The quantitative estimate of drug-likeness (QED) is 0.577. The first-order valence-electron chi connectivity index (χ1n) is 5.36. The third kappa shape index (κ3) is 0.797. The van der Waals surface area contributed by atoms with Crippen LogP contribution in [0.25, 0.3) is 0 Å². The van der Waals surface area contributed by atoms with Gasteiger partial charge in [-0.3, -0.25) is 4.79 Å². The number of rotatable bonds is 0. The number of fused-ring (bicyclic) bond motifs is 4. The molecule has 100 valence electrons. The van der Waals surface area contributed by atoms with Gasteiger partial charge in [-0.1, -0.05) is 23.2 Å². The molecule has 0 unspecified atom stereocenters. The Kier molecular flexibility index (Phi) is 2.28. The van der Waals surface area contributed by atoms with Crippen LogP contribution in [0.4, 0.5) is 0 Å². The SMILES string of the molecule is O=C1[C@@H]2[C@H](Cl)[C@@H]3[C@H]1[C@]1(Cl)[C@@H](Cl)[C@@]2(Cl)[C@@]3(Cl)C1(Cl)Cl. The number of alkyl halides is 7. The lowest BCUT2D eigenvalue weighted by Crippen LogP contribution is -2.64. The van der Waals surface area contributed by atoms with E-state index >= 15 is 0 Å². The third-order valence-corrected chi connectivity index (χ3v) is 10.7. The lowest BCUT2D eigenvalue weighted by atomic mass is 9.68. The van der Waals surface area contributed by atoms with E-state index in [0.717, 1.165) is 0 Å². The molecule has 4 saturated carbocycles. The van der Waals surface area contributed by atoms with Gasteiger partial charge in [0.15, 0.2) is 4.33 Å². The molecular formula is C10H5Cl7O. The molecule has 0 aliphatic heterocycles. The molecule has 4 bridgehead atoms. The zero-order chi connectivity index (χ0) is 13.5. The van der Waals surface area contributed by atoms with Gasteiger partial charge in [0.1, 0.15) is 15.5 Å². The number of halogens is 7. The molecule has 0 aromatic rings. The number of ketones is 1. The molecule has 18 heavy (non-hydrogen) atoms. The van der Waals surface area contributed by atoms with Gasteiger partial charge >= 0.3 is 0 Å². The Labute approximate surface area is 138 Å². The van der Waals surface area contributed by atoms with Crippen LogP contribution in [-0.4, -0.2) is 35.5 Å². The minimum atomic E-state index is -1.58. The van der Waals surface area contributed by atoms with Gasteiger partial charge in [0.05, 0.1) is 21.5 Å². The predicted molar refractivity (Wildman–Crippen MR) is 74.9 cm³/mol. The fourth-order valence-electron chi connectivity index (χ4n) is 4.65. The van der Waals surface area contributed by atoms with Crippen molar-refractivity contribution in [2.24, 2.45) is 17.8 Å². The highest BCUT2D eigenvalue weighted by molar-refractivity contribution is 6.65. The van der Waals surface area contributed by atoms with Crippen molar-refractivity contribution in [1.82, 2.24) is 0 Å². The lowest BCUT2D eigenvalue weighted by molar-refractivity contribution is -0.129. The van der Waals surface area contributed by atoms with E-state index in [4.69, 9.17) is 81.2 Å². The van der Waals surface area contributed by atoms with Gasteiger partial charge in [-0.25, -0.2) is 0 Å². The first kappa shape index (κ1) is 13.4. The molecule has 4 fully saturated rings. The zero-order valence-electron chi connectivity index (χ0n) is 8.44. The minimum absolute atomic E-state index is 0.110. The van der Waals surface area contributed by atoms with Crippen LogP contribution in [0.15, 0.2) is 0 Å². The maximum atomic E-state index is 12.4. The lowest BCUT2D eigenvalue weighted by Gasteiger charge is -2.48. The number of hydrogen-bond donors (Lipinski definition) is 0. The summed E-state index contributed by atoms with van der Waals surface area (Å²) in [5, 5.41) is -1.31. The highest BCUT2D eigenvalue weighted by Crippen LogP contribution is 2.88. The Balaban J connectivity index is 2.14. The van der Waals surface area contributed by atoms with E-state index in [-0.39, 0.29) is 5.78 Å². The molecule has 0 radical (unpaired) electrons. The first-order chi connectivity index (χ1) is 8.09. The smallest absolute Gasteiger partial charge is 0.160 e. The van der Waals surface area contributed by atoms with Crippen LogP contribution in [0.2, 0.25) is 0 Å². The van der Waals surface area contributed by atoms with Gasteiger partial charge in [-0.2, -0.15) is 0 Å². The number of carbonyl (C=O) groups excluding carboxylic acids is 1. The van der Waals surface area contributed by atoms with Crippen molar-refractivity contribution < 1.29 is 4.79 Å². The van der Waals surface area contributed by atoms with Crippen molar-refractivity contribution in [3.63, 3.8) is 0 Å². The topological polar surface area (TPSA) is 17.1 Å². The summed E-state index contributed by atoms with van der Waals surface area (Å²) < 4.78 is -1.58. The summed E-state index contributed by atoms with van der Waals surface area (Å²) in [4.78, 5) is 8.46. The molecule has 0 amide bonds. The van der Waals surface area contributed by atoms with E-state index < -0.39 is 47.5 Å². The van der Waals surface area contributed by atoms with Crippen LogP contribution in [0.3, 0.4) is 0 Å². The fourth-order valence-corrected chi connectivity index (χ4v) is 9.32. The molecule has 8 atom stereocenters. The van der Waals surface area contributed by atoms with E-state index in [9.17, 15) is 4.79 Å². The molecule has 0 aromatic carbocycles. The summed E-state index contributed by atoms with van der Waals surface area (Å²) in [6.07, 6.45) is 0. The van der Waals surface area contributed by atoms with Crippen molar-refractivity contribution in [3.05, 3.63) is 0 Å². The van der Waals surface area contributed by atoms with Crippen molar-refractivity contribution in [3.8, 4) is 0 Å². The number of carbonyl (C=O) groups is 1. The maximum absolute atomic E-state index is 12.4.